The third-order valence-electron chi connectivity index (χ3n) is 5.02. The number of nitrogens with one attached hydrogen (secondary N) is 1. The summed E-state index contributed by atoms with van der Waals surface area (Å²) in [7, 11) is 1.70. The Morgan fingerprint density at radius 3 is 2.82 bits per heavy atom. The van der Waals surface area contributed by atoms with Crippen LogP contribution in [-0.2, 0) is 17.7 Å². The maximum atomic E-state index is 13.1. The van der Waals surface area contributed by atoms with Crippen LogP contribution in [-0.4, -0.2) is 25.2 Å². The van der Waals surface area contributed by atoms with Crippen LogP contribution in [0.3, 0.4) is 0 Å². The van der Waals surface area contributed by atoms with E-state index in [9.17, 15) is 4.39 Å². The van der Waals surface area contributed by atoms with Gasteiger partial charge in [-0.05, 0) is 47.4 Å². The van der Waals surface area contributed by atoms with E-state index in [0.717, 1.165) is 34.4 Å². The molecule has 144 valence electrons. The van der Waals surface area contributed by atoms with Crippen LogP contribution in [0.1, 0.15) is 22.8 Å². The van der Waals surface area contributed by atoms with E-state index in [0.29, 0.717) is 19.7 Å². The van der Waals surface area contributed by atoms with Crippen LogP contribution in [0.25, 0.3) is 11.1 Å². The molecule has 1 atom stereocenters. The van der Waals surface area contributed by atoms with Crippen molar-refractivity contribution in [2.75, 3.05) is 20.3 Å². The Balaban J connectivity index is 1.43. The monoisotopic (exact) mass is 378 g/mol. The predicted octanol–water partition coefficient (Wildman–Crippen LogP) is 4.30. The number of hydrogen-bond donors (Lipinski definition) is 1. The molecule has 2 aromatic carbocycles. The van der Waals surface area contributed by atoms with Crippen molar-refractivity contribution in [2.45, 2.75) is 19.1 Å². The summed E-state index contributed by atoms with van der Waals surface area (Å²) in [6.07, 6.45) is 4.51. The fourth-order valence-electron chi connectivity index (χ4n) is 3.64. The second-order valence-corrected chi connectivity index (χ2v) is 6.86. The van der Waals surface area contributed by atoms with E-state index in [1.807, 2.05) is 18.3 Å². The first kappa shape index (κ1) is 18.6. The molecule has 1 unspecified atom stereocenters. The first-order valence-electron chi connectivity index (χ1n) is 9.42. The highest BCUT2D eigenvalue weighted by Crippen LogP contribution is 2.34. The number of fused-ring (bicyclic) bond motifs is 1. The number of halogens is 1. The Hall–Kier alpha value is -2.76. The van der Waals surface area contributed by atoms with Gasteiger partial charge in [-0.25, -0.2) is 4.39 Å². The summed E-state index contributed by atoms with van der Waals surface area (Å²) >= 11 is 0. The topological polar surface area (TPSA) is 43.4 Å². The Kier molecular flexibility index (Phi) is 5.65. The lowest BCUT2D eigenvalue weighted by Gasteiger charge is -2.28. The van der Waals surface area contributed by atoms with Gasteiger partial charge in [-0.2, -0.15) is 0 Å². The van der Waals surface area contributed by atoms with Gasteiger partial charge >= 0.3 is 0 Å². The minimum Gasteiger partial charge on any atom is -0.496 e. The van der Waals surface area contributed by atoms with Crippen LogP contribution in [0, 0.1) is 5.82 Å². The third-order valence-corrected chi connectivity index (χ3v) is 5.02. The first-order chi connectivity index (χ1) is 13.7. The Morgan fingerprint density at radius 2 is 2.00 bits per heavy atom. The number of rotatable bonds is 6. The second-order valence-electron chi connectivity index (χ2n) is 6.86. The van der Waals surface area contributed by atoms with Gasteiger partial charge in [0.05, 0.1) is 19.8 Å². The highest BCUT2D eigenvalue weighted by molar-refractivity contribution is 5.62. The Bertz CT molecular complexity index is 929. The molecule has 4 rings (SSSR count). The molecule has 1 N–H and O–H groups in total. The molecule has 4 nitrogen and oxygen atoms in total. The van der Waals surface area contributed by atoms with E-state index in [2.05, 4.69) is 22.4 Å². The zero-order chi connectivity index (χ0) is 19.3. The summed E-state index contributed by atoms with van der Waals surface area (Å²) in [5, 5.41) is 3.47. The molecule has 1 aliphatic rings. The Labute approximate surface area is 164 Å². The van der Waals surface area contributed by atoms with Crippen LogP contribution >= 0.6 is 0 Å². The molecule has 28 heavy (non-hydrogen) atoms. The molecular formula is C23H23FN2O2. The van der Waals surface area contributed by atoms with E-state index in [1.165, 1.54) is 17.7 Å². The number of aromatic nitrogens is 1. The minimum atomic E-state index is -0.238. The summed E-state index contributed by atoms with van der Waals surface area (Å²) in [6, 6.07) is 14.7. The van der Waals surface area contributed by atoms with E-state index >= 15 is 0 Å². The smallest absolute Gasteiger partial charge is 0.124 e. The maximum absolute atomic E-state index is 13.1. The zero-order valence-electron chi connectivity index (χ0n) is 15.8. The van der Waals surface area contributed by atoms with Gasteiger partial charge in [-0.1, -0.05) is 24.3 Å². The lowest BCUT2D eigenvalue weighted by atomic mass is 9.96. The molecule has 0 bridgehead atoms. The van der Waals surface area contributed by atoms with Gasteiger partial charge in [-0.3, -0.25) is 4.98 Å². The predicted molar refractivity (Wildman–Crippen MR) is 107 cm³/mol. The number of hydrogen-bond acceptors (Lipinski definition) is 4. The lowest BCUT2D eigenvalue weighted by molar-refractivity contribution is 0.0404. The molecule has 2 heterocycles. The largest absolute Gasteiger partial charge is 0.496 e. The molecule has 0 saturated heterocycles. The van der Waals surface area contributed by atoms with Crippen molar-refractivity contribution in [1.29, 1.82) is 0 Å². The van der Waals surface area contributed by atoms with Crippen molar-refractivity contribution in [3.05, 3.63) is 83.4 Å². The highest BCUT2D eigenvalue weighted by Gasteiger charge is 2.24. The molecule has 0 radical (unpaired) electrons. The highest BCUT2D eigenvalue weighted by atomic mass is 19.1. The van der Waals surface area contributed by atoms with Crippen LogP contribution in [0.4, 0.5) is 4.39 Å². The first-order valence-corrected chi connectivity index (χ1v) is 9.42. The van der Waals surface area contributed by atoms with E-state index < -0.39 is 0 Å². The normalized spacial score (nSPS) is 15.9. The molecule has 3 aromatic rings. The molecule has 1 aliphatic heterocycles. The standard InChI is InChI=1S/C23H23FN2O2/c1-27-21-4-2-3-18-9-10-28-22(23(18)21)15-26-13-16-11-19(14-25-12-16)17-5-7-20(24)8-6-17/h2-8,11-12,14,22,26H,9-10,13,15H2,1H3. The van der Waals surface area contributed by atoms with Crippen LogP contribution in [0.5, 0.6) is 5.75 Å². The quantitative estimate of drug-likeness (QED) is 0.695. The second kappa shape index (κ2) is 8.50. The fourth-order valence-corrected chi connectivity index (χ4v) is 3.64. The van der Waals surface area contributed by atoms with Crippen molar-refractivity contribution in [3.8, 4) is 16.9 Å². The van der Waals surface area contributed by atoms with Crippen molar-refractivity contribution in [1.82, 2.24) is 10.3 Å². The van der Waals surface area contributed by atoms with E-state index in [4.69, 9.17) is 9.47 Å². The lowest BCUT2D eigenvalue weighted by Crippen LogP contribution is -2.27. The SMILES string of the molecule is COc1cccc2c1C(CNCc1cncc(-c3ccc(F)cc3)c1)OCC2. The fraction of sp³-hybridized carbons (Fsp3) is 0.261. The van der Waals surface area contributed by atoms with Gasteiger partial charge < -0.3 is 14.8 Å². The van der Waals surface area contributed by atoms with Crippen molar-refractivity contribution in [2.24, 2.45) is 0 Å². The Morgan fingerprint density at radius 1 is 1.14 bits per heavy atom. The summed E-state index contributed by atoms with van der Waals surface area (Å²) in [5.74, 6) is 0.640. The van der Waals surface area contributed by atoms with Gasteiger partial charge in [0, 0.05) is 36.6 Å². The zero-order valence-corrected chi connectivity index (χ0v) is 15.8. The van der Waals surface area contributed by atoms with Crippen LogP contribution < -0.4 is 10.1 Å². The van der Waals surface area contributed by atoms with Crippen LogP contribution in [0.2, 0.25) is 0 Å². The van der Waals surface area contributed by atoms with Crippen molar-refractivity contribution in [3.63, 3.8) is 0 Å². The average Bonchev–Trinajstić information content (AvgIpc) is 2.74. The summed E-state index contributed by atoms with van der Waals surface area (Å²) < 4.78 is 24.7. The number of nitrogens with zero attached hydrogens (tertiary/aromatic N) is 1. The molecule has 0 fully saturated rings. The van der Waals surface area contributed by atoms with Gasteiger partial charge in [0.2, 0.25) is 0 Å². The van der Waals surface area contributed by atoms with Gasteiger partial charge in [0.25, 0.3) is 0 Å². The molecule has 0 spiro atoms. The third kappa shape index (κ3) is 4.06. The van der Waals surface area contributed by atoms with Crippen molar-refractivity contribution >= 4 is 0 Å². The molecule has 0 saturated carbocycles. The average molecular weight is 378 g/mol. The van der Waals surface area contributed by atoms with Gasteiger partial charge in [0.15, 0.2) is 0 Å². The van der Waals surface area contributed by atoms with E-state index in [-0.39, 0.29) is 11.9 Å². The maximum Gasteiger partial charge on any atom is 0.124 e. The van der Waals surface area contributed by atoms with Gasteiger partial charge in [0.1, 0.15) is 11.6 Å². The van der Waals surface area contributed by atoms with Gasteiger partial charge in [-0.15, -0.1) is 0 Å². The molecule has 5 heteroatoms. The number of benzene rings is 2. The molecule has 0 aliphatic carbocycles. The van der Waals surface area contributed by atoms with E-state index in [1.54, 1.807) is 25.4 Å². The minimum absolute atomic E-state index is 0.0341. The summed E-state index contributed by atoms with van der Waals surface area (Å²) in [6.45, 7) is 2.08. The van der Waals surface area contributed by atoms with Crippen LogP contribution in [0.15, 0.2) is 60.9 Å². The number of methoxy groups -OCH3 is 1. The van der Waals surface area contributed by atoms with Crippen molar-refractivity contribution < 1.29 is 13.9 Å². The number of pyridine rings is 1. The molecule has 0 amide bonds. The molecule has 1 aromatic heterocycles. The number of ether oxygens (including phenoxy) is 2. The summed E-state index contributed by atoms with van der Waals surface area (Å²) in [4.78, 5) is 4.33. The summed E-state index contributed by atoms with van der Waals surface area (Å²) in [5.41, 5.74) is 5.42. The molecular weight excluding hydrogens is 355 g/mol.